The molecular formula is C33H52O6. The number of hydrogen-bond acceptors (Lipinski definition) is 6. The third-order valence-corrected chi connectivity index (χ3v) is 8.84. The van der Waals surface area contributed by atoms with Gasteiger partial charge in [-0.25, -0.2) is 0 Å². The van der Waals surface area contributed by atoms with Crippen LogP contribution in [0, 0.1) is 0 Å². The van der Waals surface area contributed by atoms with Gasteiger partial charge in [-0.3, -0.25) is 9.59 Å². The molecule has 0 bridgehead atoms. The molecule has 0 atom stereocenters. The smallest absolute Gasteiger partial charge is 0.306 e. The van der Waals surface area contributed by atoms with Crippen LogP contribution in [0.4, 0.5) is 0 Å². The van der Waals surface area contributed by atoms with Crippen LogP contribution in [0.15, 0.2) is 12.1 Å². The summed E-state index contributed by atoms with van der Waals surface area (Å²) in [6.07, 6.45) is 14.9. The monoisotopic (exact) mass is 544 g/mol. The maximum atomic E-state index is 12.4. The van der Waals surface area contributed by atoms with E-state index in [1.807, 2.05) is 12.1 Å². The van der Waals surface area contributed by atoms with Crippen molar-refractivity contribution in [1.29, 1.82) is 0 Å². The van der Waals surface area contributed by atoms with E-state index < -0.39 is 0 Å². The van der Waals surface area contributed by atoms with E-state index in [2.05, 4.69) is 27.7 Å². The lowest BCUT2D eigenvalue weighted by atomic mass is 9.75. The predicted molar refractivity (Wildman–Crippen MR) is 154 cm³/mol. The number of benzene rings is 1. The Morgan fingerprint density at radius 3 is 1.62 bits per heavy atom. The summed E-state index contributed by atoms with van der Waals surface area (Å²) in [6.45, 7) is 8.44. The van der Waals surface area contributed by atoms with Crippen molar-refractivity contribution in [1.82, 2.24) is 0 Å². The fraction of sp³-hybridized carbons (Fsp3) is 0.758. The number of ether oxygens (including phenoxy) is 3. The average Bonchev–Trinajstić information content (AvgIpc) is 2.89. The molecule has 0 unspecified atom stereocenters. The number of phenolic OH excluding ortho intramolecular Hbond substituents is 1. The normalized spacial score (nSPS) is 17.6. The largest absolute Gasteiger partial charge is 0.508 e. The highest BCUT2D eigenvalue weighted by atomic mass is 16.5. The fourth-order valence-corrected chi connectivity index (χ4v) is 6.28. The van der Waals surface area contributed by atoms with Gasteiger partial charge >= 0.3 is 11.9 Å². The minimum atomic E-state index is -0.339. The van der Waals surface area contributed by atoms with Gasteiger partial charge in [0.25, 0.3) is 0 Å². The molecule has 1 aromatic rings. The van der Waals surface area contributed by atoms with E-state index in [1.165, 1.54) is 12.8 Å². The van der Waals surface area contributed by atoms with Crippen molar-refractivity contribution in [2.45, 2.75) is 153 Å². The van der Waals surface area contributed by atoms with E-state index >= 15 is 0 Å². The molecule has 0 aliphatic heterocycles. The summed E-state index contributed by atoms with van der Waals surface area (Å²) in [5.74, 6) is 0.763. The molecule has 0 saturated heterocycles. The molecule has 2 aliphatic rings. The van der Waals surface area contributed by atoms with Crippen molar-refractivity contribution >= 4 is 11.9 Å². The maximum absolute atomic E-state index is 12.4. The lowest BCUT2D eigenvalue weighted by Crippen LogP contribution is -2.23. The number of methoxy groups -OCH3 is 1. The third kappa shape index (κ3) is 9.42. The summed E-state index contributed by atoms with van der Waals surface area (Å²) in [6, 6.07) is 3.78. The second-order valence-electron chi connectivity index (χ2n) is 13.0. The van der Waals surface area contributed by atoms with Crippen LogP contribution in [-0.2, 0) is 29.9 Å². The van der Waals surface area contributed by atoms with Crippen LogP contribution in [0.25, 0.3) is 0 Å². The average molecular weight is 545 g/mol. The predicted octanol–water partition coefficient (Wildman–Crippen LogP) is 8.05. The van der Waals surface area contributed by atoms with E-state index in [-0.39, 0.29) is 40.7 Å². The standard InChI is InChI=1S/C33H52O6/c1-32(2,20-12-18-30(35)38-24-14-8-6-9-15-24)26-23-29(37-5)27(22-28(26)34)33(3,4)21-13-19-31(36)39-25-16-10-7-11-17-25/h22-25,34H,6-21H2,1-5H3. The van der Waals surface area contributed by atoms with Gasteiger partial charge in [-0.15, -0.1) is 0 Å². The van der Waals surface area contributed by atoms with Crippen LogP contribution < -0.4 is 4.74 Å². The van der Waals surface area contributed by atoms with E-state index in [0.29, 0.717) is 25.7 Å². The quantitative estimate of drug-likeness (QED) is 0.253. The van der Waals surface area contributed by atoms with E-state index in [9.17, 15) is 14.7 Å². The first-order chi connectivity index (χ1) is 18.5. The maximum Gasteiger partial charge on any atom is 0.306 e. The SMILES string of the molecule is COc1cc(C(C)(C)CCCC(=O)OC2CCCCC2)c(O)cc1C(C)(C)CCCC(=O)OC1CCCCC1. The van der Waals surface area contributed by atoms with Crippen LogP contribution in [0.5, 0.6) is 11.5 Å². The number of hydrogen-bond donors (Lipinski definition) is 1. The van der Waals surface area contributed by atoms with Crippen LogP contribution in [0.3, 0.4) is 0 Å². The molecular weight excluding hydrogens is 492 g/mol. The second kappa shape index (κ2) is 14.4. The van der Waals surface area contributed by atoms with Gasteiger partial charge in [0.1, 0.15) is 23.7 Å². The highest BCUT2D eigenvalue weighted by Gasteiger charge is 2.31. The molecule has 0 heterocycles. The Morgan fingerprint density at radius 1 is 0.744 bits per heavy atom. The zero-order chi connectivity index (χ0) is 28.5. The summed E-state index contributed by atoms with van der Waals surface area (Å²) >= 11 is 0. The third-order valence-electron chi connectivity index (χ3n) is 8.84. The van der Waals surface area contributed by atoms with Crippen molar-refractivity contribution in [2.24, 2.45) is 0 Å². The molecule has 0 spiro atoms. The van der Waals surface area contributed by atoms with Gasteiger partial charge in [-0.2, -0.15) is 0 Å². The van der Waals surface area contributed by atoms with Crippen LogP contribution in [-0.4, -0.2) is 36.4 Å². The van der Waals surface area contributed by atoms with Crippen molar-refractivity contribution in [3.05, 3.63) is 23.3 Å². The Balaban J connectivity index is 1.56. The van der Waals surface area contributed by atoms with Gasteiger partial charge in [0.15, 0.2) is 0 Å². The van der Waals surface area contributed by atoms with E-state index in [0.717, 1.165) is 81.1 Å². The number of aromatic hydroxyl groups is 1. The summed E-state index contributed by atoms with van der Waals surface area (Å²) in [5.41, 5.74) is 1.11. The van der Waals surface area contributed by atoms with Gasteiger partial charge in [0, 0.05) is 24.0 Å². The molecule has 1 aromatic carbocycles. The summed E-state index contributed by atoms with van der Waals surface area (Å²) in [7, 11) is 1.66. The van der Waals surface area contributed by atoms with Gasteiger partial charge in [-0.05, 0) is 100 Å². The lowest BCUT2D eigenvalue weighted by molar-refractivity contribution is -0.151. The second-order valence-corrected chi connectivity index (χ2v) is 13.0. The fourth-order valence-electron chi connectivity index (χ4n) is 6.28. The Hall–Kier alpha value is -2.24. The van der Waals surface area contributed by atoms with E-state index in [1.54, 1.807) is 7.11 Å². The molecule has 0 amide bonds. The highest BCUT2D eigenvalue weighted by Crippen LogP contribution is 2.44. The van der Waals surface area contributed by atoms with Crippen molar-refractivity contribution in [2.75, 3.05) is 7.11 Å². The number of phenols is 1. The highest BCUT2D eigenvalue weighted by molar-refractivity contribution is 5.70. The number of carbonyl (C=O) groups is 2. The molecule has 2 saturated carbocycles. The first-order valence-electron chi connectivity index (χ1n) is 15.3. The minimum Gasteiger partial charge on any atom is -0.508 e. The minimum absolute atomic E-state index is 0.0889. The Bertz CT molecular complexity index is 938. The van der Waals surface area contributed by atoms with Crippen molar-refractivity contribution < 1.29 is 28.9 Å². The Morgan fingerprint density at radius 2 is 1.18 bits per heavy atom. The topological polar surface area (TPSA) is 82.1 Å². The molecule has 3 rings (SSSR count). The molecule has 6 nitrogen and oxygen atoms in total. The molecule has 0 aromatic heterocycles. The molecule has 39 heavy (non-hydrogen) atoms. The molecule has 220 valence electrons. The van der Waals surface area contributed by atoms with Crippen LogP contribution in [0.1, 0.15) is 142 Å². The van der Waals surface area contributed by atoms with Crippen LogP contribution >= 0.6 is 0 Å². The molecule has 1 N–H and O–H groups in total. The van der Waals surface area contributed by atoms with Gasteiger partial charge in [-0.1, -0.05) is 40.5 Å². The molecule has 2 aliphatic carbocycles. The summed E-state index contributed by atoms with van der Waals surface area (Å²) in [4.78, 5) is 24.7. The first kappa shape index (κ1) is 31.3. The molecule has 6 heteroatoms. The van der Waals surface area contributed by atoms with Gasteiger partial charge < -0.3 is 19.3 Å². The lowest BCUT2D eigenvalue weighted by Gasteiger charge is -2.31. The van der Waals surface area contributed by atoms with Crippen molar-refractivity contribution in [3.63, 3.8) is 0 Å². The van der Waals surface area contributed by atoms with E-state index in [4.69, 9.17) is 14.2 Å². The zero-order valence-electron chi connectivity index (χ0n) is 25.1. The first-order valence-corrected chi connectivity index (χ1v) is 15.3. The number of carbonyl (C=O) groups excluding carboxylic acids is 2. The zero-order valence-corrected chi connectivity index (χ0v) is 25.1. The summed E-state index contributed by atoms with van der Waals surface area (Å²) < 4.78 is 17.2. The molecule has 0 radical (unpaired) electrons. The van der Waals surface area contributed by atoms with Crippen LogP contribution in [0.2, 0.25) is 0 Å². The van der Waals surface area contributed by atoms with Gasteiger partial charge in [0.05, 0.1) is 7.11 Å². The Labute approximate surface area is 236 Å². The summed E-state index contributed by atoms with van der Waals surface area (Å²) in [5, 5.41) is 11.1. The number of rotatable bonds is 13. The van der Waals surface area contributed by atoms with Crippen molar-refractivity contribution in [3.8, 4) is 11.5 Å². The Kier molecular flexibility index (Phi) is 11.6. The number of esters is 2. The van der Waals surface area contributed by atoms with Gasteiger partial charge in [0.2, 0.25) is 0 Å². The molecule has 2 fully saturated rings.